The smallest absolute Gasteiger partial charge is 0.172 e. The summed E-state index contributed by atoms with van der Waals surface area (Å²) in [5, 5.41) is 7.20. The minimum atomic E-state index is 0.168. The van der Waals surface area contributed by atoms with Crippen LogP contribution in [0.15, 0.2) is 24.5 Å². The van der Waals surface area contributed by atoms with E-state index in [0.717, 1.165) is 5.75 Å². The molecule has 0 unspecified atom stereocenters. The van der Waals surface area contributed by atoms with E-state index in [9.17, 15) is 0 Å². The monoisotopic (exact) mass is 182 g/mol. The van der Waals surface area contributed by atoms with Crippen molar-refractivity contribution in [2.24, 2.45) is 12.8 Å². The van der Waals surface area contributed by atoms with Crippen LogP contribution >= 0.6 is 11.8 Å². The highest BCUT2D eigenvalue weighted by atomic mass is 32.2. The van der Waals surface area contributed by atoms with Gasteiger partial charge < -0.3 is 5.73 Å². The van der Waals surface area contributed by atoms with Gasteiger partial charge >= 0.3 is 0 Å². The number of aryl methyl sites for hydroxylation is 1. The zero-order valence-electron chi connectivity index (χ0n) is 6.95. The summed E-state index contributed by atoms with van der Waals surface area (Å²) in [5.41, 5.74) is 6.40. The van der Waals surface area contributed by atoms with Gasteiger partial charge in [-0.05, 0) is 6.07 Å². The molecule has 0 spiro atoms. The Balaban J connectivity index is 2.57. The van der Waals surface area contributed by atoms with Gasteiger partial charge in [0.1, 0.15) is 7.05 Å². The number of pyridine rings is 1. The molecule has 3 nitrogen and oxygen atoms in total. The van der Waals surface area contributed by atoms with Gasteiger partial charge in [-0.15, -0.1) is 0 Å². The van der Waals surface area contributed by atoms with Crippen molar-refractivity contribution in [3.8, 4) is 0 Å². The van der Waals surface area contributed by atoms with Gasteiger partial charge in [0.15, 0.2) is 17.6 Å². The van der Waals surface area contributed by atoms with Gasteiger partial charge in [0.05, 0.1) is 0 Å². The van der Waals surface area contributed by atoms with E-state index in [4.69, 9.17) is 11.1 Å². The maximum atomic E-state index is 7.03. The van der Waals surface area contributed by atoms with Crippen molar-refractivity contribution in [3.63, 3.8) is 0 Å². The van der Waals surface area contributed by atoms with Crippen LogP contribution in [0.5, 0.6) is 0 Å². The van der Waals surface area contributed by atoms with Crippen LogP contribution in [0.2, 0.25) is 0 Å². The zero-order chi connectivity index (χ0) is 8.97. The molecule has 0 saturated heterocycles. The highest BCUT2D eigenvalue weighted by Crippen LogP contribution is 2.08. The molecule has 0 aliphatic carbocycles. The zero-order valence-corrected chi connectivity index (χ0v) is 7.77. The largest absolute Gasteiger partial charge is 0.379 e. The van der Waals surface area contributed by atoms with E-state index in [1.54, 1.807) is 0 Å². The summed E-state index contributed by atoms with van der Waals surface area (Å²) in [6.45, 7) is 0. The second-order valence-corrected chi connectivity index (χ2v) is 3.55. The summed E-state index contributed by atoms with van der Waals surface area (Å²) in [7, 11) is 1.97. The van der Waals surface area contributed by atoms with E-state index in [-0.39, 0.29) is 5.17 Å². The molecule has 0 aromatic carbocycles. The third-order valence-electron chi connectivity index (χ3n) is 1.40. The van der Waals surface area contributed by atoms with Crippen molar-refractivity contribution in [2.45, 2.75) is 5.75 Å². The fourth-order valence-electron chi connectivity index (χ4n) is 0.896. The van der Waals surface area contributed by atoms with Crippen LogP contribution in [0.4, 0.5) is 0 Å². The van der Waals surface area contributed by atoms with Crippen LogP contribution < -0.4 is 10.3 Å². The summed E-state index contributed by atoms with van der Waals surface area (Å²) in [6, 6.07) is 4.01. The molecule has 0 bridgehead atoms. The van der Waals surface area contributed by atoms with Crippen molar-refractivity contribution in [3.05, 3.63) is 30.1 Å². The molecule has 12 heavy (non-hydrogen) atoms. The molecule has 1 heterocycles. The molecule has 0 aliphatic rings. The maximum absolute atomic E-state index is 7.03. The summed E-state index contributed by atoms with van der Waals surface area (Å²) < 4.78 is 1.98. The third kappa shape index (κ3) is 2.92. The summed E-state index contributed by atoms with van der Waals surface area (Å²) in [6.07, 6.45) is 4.00. The lowest BCUT2D eigenvalue weighted by Gasteiger charge is -1.96. The molecule has 3 N–H and O–H groups in total. The minimum Gasteiger partial charge on any atom is -0.379 e. The van der Waals surface area contributed by atoms with Crippen molar-refractivity contribution >= 4 is 16.9 Å². The van der Waals surface area contributed by atoms with Gasteiger partial charge in [0.25, 0.3) is 0 Å². The Labute approximate surface area is 76.1 Å². The van der Waals surface area contributed by atoms with Gasteiger partial charge in [-0.25, -0.2) is 4.57 Å². The fraction of sp³-hybridized carbons (Fsp3) is 0.250. The normalized spacial score (nSPS) is 9.75. The number of nitrogens with one attached hydrogen (secondary N) is 1. The lowest BCUT2D eigenvalue weighted by molar-refractivity contribution is -0.671. The van der Waals surface area contributed by atoms with E-state index < -0.39 is 0 Å². The minimum absolute atomic E-state index is 0.168. The highest BCUT2D eigenvalue weighted by molar-refractivity contribution is 8.13. The molecule has 1 rings (SSSR count). The third-order valence-corrected chi connectivity index (χ3v) is 2.18. The van der Waals surface area contributed by atoms with Gasteiger partial charge in [0.2, 0.25) is 0 Å². The van der Waals surface area contributed by atoms with Gasteiger partial charge in [0, 0.05) is 17.4 Å². The van der Waals surface area contributed by atoms with Crippen LogP contribution in [-0.4, -0.2) is 5.17 Å². The second kappa shape index (κ2) is 4.11. The summed E-state index contributed by atoms with van der Waals surface area (Å²) >= 11 is 1.34. The van der Waals surface area contributed by atoms with Gasteiger partial charge in [-0.1, -0.05) is 11.8 Å². The average molecular weight is 182 g/mol. The van der Waals surface area contributed by atoms with Gasteiger partial charge in [-0.2, -0.15) is 0 Å². The molecule has 1 aromatic heterocycles. The Morgan fingerprint density at radius 1 is 1.75 bits per heavy atom. The number of nitrogens with zero attached hydrogens (tertiary/aromatic N) is 1. The first-order valence-corrected chi connectivity index (χ1v) is 4.58. The van der Waals surface area contributed by atoms with Crippen molar-refractivity contribution in [1.82, 2.24) is 0 Å². The van der Waals surface area contributed by atoms with Crippen LogP contribution in [0, 0.1) is 5.41 Å². The van der Waals surface area contributed by atoms with E-state index >= 15 is 0 Å². The van der Waals surface area contributed by atoms with Crippen LogP contribution in [0.3, 0.4) is 0 Å². The number of hydrogen-bond acceptors (Lipinski definition) is 2. The summed E-state index contributed by atoms with van der Waals surface area (Å²) in [4.78, 5) is 0. The Morgan fingerprint density at radius 2 is 2.50 bits per heavy atom. The van der Waals surface area contributed by atoms with E-state index in [1.807, 2.05) is 36.1 Å². The molecule has 0 amide bonds. The first-order chi connectivity index (χ1) is 5.68. The van der Waals surface area contributed by atoms with Gasteiger partial charge in [-0.3, -0.25) is 5.41 Å². The Bertz CT molecular complexity index is 285. The molecular weight excluding hydrogens is 170 g/mol. The fourth-order valence-corrected chi connectivity index (χ4v) is 1.39. The number of thioether (sulfide) groups is 1. The molecule has 0 atom stereocenters. The number of aromatic nitrogens is 1. The van der Waals surface area contributed by atoms with Crippen LogP contribution in [-0.2, 0) is 12.8 Å². The molecule has 1 aromatic rings. The molecule has 0 fully saturated rings. The highest BCUT2D eigenvalue weighted by Gasteiger charge is 1.98. The lowest BCUT2D eigenvalue weighted by atomic mass is 10.3. The molecular formula is C8H12N3S+. The van der Waals surface area contributed by atoms with E-state index in [2.05, 4.69) is 0 Å². The molecule has 64 valence electrons. The van der Waals surface area contributed by atoms with Crippen molar-refractivity contribution in [1.29, 1.82) is 5.41 Å². The predicted molar refractivity (Wildman–Crippen MR) is 50.8 cm³/mol. The maximum Gasteiger partial charge on any atom is 0.172 e. The quantitative estimate of drug-likeness (QED) is 0.400. The molecule has 4 heteroatoms. The predicted octanol–water partition coefficient (Wildman–Crippen LogP) is 0.638. The van der Waals surface area contributed by atoms with Crippen LogP contribution in [0.25, 0.3) is 0 Å². The summed E-state index contributed by atoms with van der Waals surface area (Å²) in [5.74, 6) is 0.768. The number of hydrogen-bond donors (Lipinski definition) is 2. The topological polar surface area (TPSA) is 53.8 Å². The number of nitrogens with two attached hydrogens (primary N) is 1. The Morgan fingerprint density at radius 3 is 3.08 bits per heavy atom. The number of amidine groups is 1. The molecule has 0 radical (unpaired) electrons. The average Bonchev–Trinajstić information content (AvgIpc) is 2.01. The number of rotatable bonds is 2. The van der Waals surface area contributed by atoms with E-state index in [1.165, 1.54) is 17.3 Å². The Hall–Kier alpha value is -1.03. The van der Waals surface area contributed by atoms with Crippen LogP contribution in [0.1, 0.15) is 5.56 Å². The standard InChI is InChI=1S/C8H12N3S/c1-11-4-2-3-7(5-11)6-12-8(9)10/h2-5H,6H2,1H3,(H3,9,10)/q+1. The Kier molecular flexibility index (Phi) is 3.10. The molecule has 0 aliphatic heterocycles. The lowest BCUT2D eigenvalue weighted by Crippen LogP contribution is -2.26. The molecule has 0 saturated carbocycles. The SMILES string of the molecule is C[n+]1cccc(CSC(=N)N)c1. The first kappa shape index (κ1) is 9.06. The van der Waals surface area contributed by atoms with E-state index in [0.29, 0.717) is 0 Å². The first-order valence-electron chi connectivity index (χ1n) is 3.59. The van der Waals surface area contributed by atoms with Crippen molar-refractivity contribution in [2.75, 3.05) is 0 Å². The van der Waals surface area contributed by atoms with Crippen molar-refractivity contribution < 1.29 is 4.57 Å². The second-order valence-electron chi connectivity index (χ2n) is 2.53.